The van der Waals surface area contributed by atoms with Gasteiger partial charge >= 0.3 is 0 Å². The molecule has 0 saturated carbocycles. The Morgan fingerprint density at radius 2 is 1.95 bits per heavy atom. The Morgan fingerprint density at radius 3 is 2.55 bits per heavy atom. The molecular weight excluding hydrogens is 276 g/mol. The Hall–Kier alpha value is -1.18. The predicted molar refractivity (Wildman–Crippen MR) is 78.0 cm³/mol. The van der Waals surface area contributed by atoms with Crippen LogP contribution in [0.4, 0.5) is 0 Å². The molecule has 0 fully saturated rings. The molecule has 0 saturated heterocycles. The van der Waals surface area contributed by atoms with Gasteiger partial charge in [0.2, 0.25) is 5.16 Å². The quantitative estimate of drug-likeness (QED) is 0.602. The zero-order valence-corrected chi connectivity index (χ0v) is 13.3. The lowest BCUT2D eigenvalue weighted by atomic mass is 10.3. The average Bonchev–Trinajstić information content (AvgIpc) is 2.81. The number of methoxy groups -OCH3 is 2. The lowest BCUT2D eigenvalue weighted by Gasteiger charge is -2.21. The van der Waals surface area contributed by atoms with Gasteiger partial charge in [-0.2, -0.15) is 4.98 Å². The number of ether oxygens (including phenoxy) is 2. The summed E-state index contributed by atoms with van der Waals surface area (Å²) in [7, 11) is 3.28. The maximum atomic E-state index is 5.32. The third-order valence-corrected chi connectivity index (χ3v) is 4.27. The molecule has 1 atom stereocenters. The van der Waals surface area contributed by atoms with Crippen molar-refractivity contribution < 1.29 is 9.47 Å². The molecule has 7 heteroatoms. The Morgan fingerprint density at radius 1 is 1.25 bits per heavy atom. The Labute approximate surface area is 122 Å². The highest BCUT2D eigenvalue weighted by Crippen LogP contribution is 2.27. The van der Waals surface area contributed by atoms with Gasteiger partial charge in [0.1, 0.15) is 0 Å². The van der Waals surface area contributed by atoms with Gasteiger partial charge in [-0.15, -0.1) is 5.10 Å². The number of hydrogen-bond acceptors (Lipinski definition) is 6. The van der Waals surface area contributed by atoms with Crippen molar-refractivity contribution in [3.05, 3.63) is 17.5 Å². The van der Waals surface area contributed by atoms with Gasteiger partial charge in [-0.05, 0) is 26.3 Å². The van der Waals surface area contributed by atoms with Crippen molar-refractivity contribution in [2.45, 2.75) is 43.9 Å². The van der Waals surface area contributed by atoms with Crippen LogP contribution in [-0.4, -0.2) is 45.3 Å². The van der Waals surface area contributed by atoms with E-state index in [-0.39, 0.29) is 11.5 Å². The van der Waals surface area contributed by atoms with Crippen LogP contribution < -0.4 is 0 Å². The fourth-order valence-corrected chi connectivity index (χ4v) is 3.10. The molecule has 0 aliphatic carbocycles. The minimum absolute atomic E-state index is 0.142. The molecule has 0 bridgehead atoms. The molecule has 0 amide bonds. The van der Waals surface area contributed by atoms with Gasteiger partial charge < -0.3 is 9.47 Å². The fourth-order valence-electron chi connectivity index (χ4n) is 2.06. The van der Waals surface area contributed by atoms with Crippen molar-refractivity contribution in [2.75, 3.05) is 14.2 Å². The van der Waals surface area contributed by atoms with E-state index in [1.807, 2.05) is 19.9 Å². The van der Waals surface area contributed by atoms with E-state index in [1.54, 1.807) is 30.5 Å². The maximum absolute atomic E-state index is 5.32. The summed E-state index contributed by atoms with van der Waals surface area (Å²) in [5.74, 6) is 0.631. The minimum Gasteiger partial charge on any atom is -0.355 e. The first-order valence-electron chi connectivity index (χ1n) is 6.52. The van der Waals surface area contributed by atoms with Crippen LogP contribution in [0, 0.1) is 13.8 Å². The Balaban J connectivity index is 2.27. The second kappa shape index (κ2) is 6.51. The molecule has 0 aromatic carbocycles. The largest absolute Gasteiger partial charge is 0.355 e. The highest BCUT2D eigenvalue weighted by molar-refractivity contribution is 7.99. The van der Waals surface area contributed by atoms with Crippen LogP contribution >= 0.6 is 11.8 Å². The second-order valence-corrected chi connectivity index (χ2v) is 5.76. The molecule has 2 heterocycles. The van der Waals surface area contributed by atoms with Gasteiger partial charge in [0.25, 0.3) is 5.78 Å². The Kier molecular flexibility index (Phi) is 4.95. The average molecular weight is 296 g/mol. The molecule has 1 unspecified atom stereocenters. The number of rotatable bonds is 6. The molecular formula is C13H20N4O2S. The number of fused-ring (bicyclic) bond motifs is 1. The number of thioether (sulfide) groups is 1. The zero-order valence-electron chi connectivity index (χ0n) is 12.5. The van der Waals surface area contributed by atoms with E-state index in [1.165, 1.54) is 0 Å². The first-order valence-corrected chi connectivity index (χ1v) is 7.40. The van der Waals surface area contributed by atoms with Crippen molar-refractivity contribution in [1.82, 2.24) is 19.6 Å². The van der Waals surface area contributed by atoms with Gasteiger partial charge in [0.15, 0.2) is 6.29 Å². The van der Waals surface area contributed by atoms with Gasteiger partial charge in [0, 0.05) is 25.6 Å². The first-order chi connectivity index (χ1) is 9.58. The zero-order chi connectivity index (χ0) is 14.7. The summed E-state index contributed by atoms with van der Waals surface area (Å²) in [5.41, 5.74) is 1.97. The van der Waals surface area contributed by atoms with E-state index in [0.717, 1.165) is 17.8 Å². The standard InChI is InChI=1S/C13H20N4O2S/c1-6-10(11(18-4)19-5)20-13-15-12-14-8(2)7-9(3)17(12)16-13/h7,10-11H,6H2,1-5H3. The number of hydrogen-bond donors (Lipinski definition) is 0. The fraction of sp³-hybridized carbons (Fsp3) is 0.615. The SMILES string of the molecule is CCC(Sc1nc2nc(C)cc(C)n2n1)C(OC)OC. The van der Waals surface area contributed by atoms with Gasteiger partial charge in [-0.1, -0.05) is 18.7 Å². The van der Waals surface area contributed by atoms with E-state index < -0.39 is 0 Å². The van der Waals surface area contributed by atoms with Crippen LogP contribution in [0.25, 0.3) is 5.78 Å². The number of aromatic nitrogens is 4. The molecule has 0 spiro atoms. The molecule has 2 aromatic heterocycles. The maximum Gasteiger partial charge on any atom is 0.253 e. The molecule has 6 nitrogen and oxygen atoms in total. The van der Waals surface area contributed by atoms with Crippen molar-refractivity contribution in [3.8, 4) is 0 Å². The summed E-state index contributed by atoms with van der Waals surface area (Å²) in [5, 5.41) is 5.32. The molecule has 0 aliphatic heterocycles. The monoisotopic (exact) mass is 296 g/mol. The van der Waals surface area contributed by atoms with Gasteiger partial charge in [0.05, 0.1) is 5.25 Å². The van der Waals surface area contributed by atoms with Gasteiger partial charge in [-0.25, -0.2) is 9.50 Å². The normalized spacial score (nSPS) is 13.3. The second-order valence-electron chi connectivity index (χ2n) is 4.55. The van der Waals surface area contributed by atoms with Crippen molar-refractivity contribution in [1.29, 1.82) is 0 Å². The topological polar surface area (TPSA) is 61.5 Å². The smallest absolute Gasteiger partial charge is 0.253 e. The molecule has 0 radical (unpaired) electrons. The third kappa shape index (κ3) is 3.11. The predicted octanol–water partition coefficient (Wildman–Crippen LogP) is 2.23. The van der Waals surface area contributed by atoms with Crippen LogP contribution in [0.2, 0.25) is 0 Å². The summed E-state index contributed by atoms with van der Waals surface area (Å²) in [4.78, 5) is 8.85. The van der Waals surface area contributed by atoms with E-state index >= 15 is 0 Å². The van der Waals surface area contributed by atoms with E-state index in [0.29, 0.717) is 10.9 Å². The highest BCUT2D eigenvalue weighted by atomic mass is 32.2. The third-order valence-electron chi connectivity index (χ3n) is 3.03. The van der Waals surface area contributed by atoms with Crippen molar-refractivity contribution in [2.24, 2.45) is 0 Å². The summed E-state index contributed by atoms with van der Waals surface area (Å²) in [6.07, 6.45) is 0.630. The van der Waals surface area contributed by atoms with Crippen LogP contribution in [-0.2, 0) is 9.47 Å². The molecule has 20 heavy (non-hydrogen) atoms. The number of nitrogens with zero attached hydrogens (tertiary/aromatic N) is 4. The summed E-state index contributed by atoms with van der Waals surface area (Å²) >= 11 is 1.55. The highest BCUT2D eigenvalue weighted by Gasteiger charge is 2.22. The summed E-state index contributed by atoms with van der Waals surface area (Å²) in [6, 6.07) is 1.99. The number of aryl methyl sites for hydroxylation is 2. The van der Waals surface area contributed by atoms with Crippen LogP contribution in [0.3, 0.4) is 0 Å². The molecule has 110 valence electrons. The van der Waals surface area contributed by atoms with E-state index in [9.17, 15) is 0 Å². The van der Waals surface area contributed by atoms with Crippen LogP contribution in [0.5, 0.6) is 0 Å². The van der Waals surface area contributed by atoms with Crippen molar-refractivity contribution in [3.63, 3.8) is 0 Å². The molecule has 0 aliphatic rings. The lowest BCUT2D eigenvalue weighted by molar-refractivity contribution is -0.102. The van der Waals surface area contributed by atoms with Gasteiger partial charge in [-0.3, -0.25) is 0 Å². The van der Waals surface area contributed by atoms with E-state index in [2.05, 4.69) is 22.0 Å². The summed E-state index contributed by atoms with van der Waals surface area (Å²) < 4.78 is 12.4. The first kappa shape index (κ1) is 15.2. The molecule has 2 rings (SSSR count). The summed E-state index contributed by atoms with van der Waals surface area (Å²) in [6.45, 7) is 6.04. The van der Waals surface area contributed by atoms with Crippen LogP contribution in [0.1, 0.15) is 24.7 Å². The minimum atomic E-state index is -0.271. The Bertz CT molecular complexity index is 583. The van der Waals surface area contributed by atoms with Crippen LogP contribution in [0.15, 0.2) is 11.2 Å². The van der Waals surface area contributed by atoms with Crippen molar-refractivity contribution >= 4 is 17.5 Å². The molecule has 0 N–H and O–H groups in total. The molecule has 2 aromatic rings. The van der Waals surface area contributed by atoms with E-state index in [4.69, 9.17) is 9.47 Å². The lowest BCUT2D eigenvalue weighted by Crippen LogP contribution is -2.26.